The summed E-state index contributed by atoms with van der Waals surface area (Å²) in [5.74, 6) is -0.893. The third kappa shape index (κ3) is 7.25. The Morgan fingerprint density at radius 3 is 2.52 bits per heavy atom. The van der Waals surface area contributed by atoms with E-state index in [-0.39, 0.29) is 45.8 Å². The fourth-order valence-electron chi connectivity index (χ4n) is 3.47. The van der Waals surface area contributed by atoms with Gasteiger partial charge in [0.25, 0.3) is 0 Å². The SMILES string of the molecule is CCCS(=O)(=O)c1ccc(N=Nc2cc(C)c(N)cc2Nc2nc(Cl)nc(-[n+]3cccc(C(=O)O)c3)n2)cc1.[Cl-]. The molecular formula is C25H24Cl2N8O4S. The van der Waals surface area contributed by atoms with Crippen molar-refractivity contribution in [3.63, 3.8) is 0 Å². The first-order chi connectivity index (χ1) is 18.6. The zero-order valence-electron chi connectivity index (χ0n) is 21.3. The highest BCUT2D eigenvalue weighted by molar-refractivity contribution is 7.91. The van der Waals surface area contributed by atoms with Crippen LogP contribution in [0.4, 0.5) is 28.7 Å². The molecule has 0 amide bonds. The maximum atomic E-state index is 12.3. The first-order valence-electron chi connectivity index (χ1n) is 11.6. The molecule has 0 saturated carbocycles. The highest BCUT2D eigenvalue weighted by Crippen LogP contribution is 2.33. The number of carboxylic acid groups (broad SMARTS) is 1. The molecule has 40 heavy (non-hydrogen) atoms. The van der Waals surface area contributed by atoms with Crippen molar-refractivity contribution in [2.75, 3.05) is 16.8 Å². The zero-order chi connectivity index (χ0) is 28.2. The average Bonchev–Trinajstić information content (AvgIpc) is 2.90. The van der Waals surface area contributed by atoms with Gasteiger partial charge >= 0.3 is 23.1 Å². The van der Waals surface area contributed by atoms with Crippen molar-refractivity contribution >= 4 is 56.1 Å². The molecule has 4 rings (SSSR count). The van der Waals surface area contributed by atoms with Crippen LogP contribution >= 0.6 is 11.6 Å². The molecule has 4 N–H and O–H groups in total. The number of benzene rings is 2. The maximum Gasteiger partial charge on any atom is 0.444 e. The molecule has 15 heteroatoms. The zero-order valence-corrected chi connectivity index (χ0v) is 23.6. The lowest BCUT2D eigenvalue weighted by molar-refractivity contribution is -0.603. The van der Waals surface area contributed by atoms with Gasteiger partial charge in [-0.1, -0.05) is 6.92 Å². The lowest BCUT2D eigenvalue weighted by atomic mass is 10.1. The number of aromatic carboxylic acids is 1. The highest BCUT2D eigenvalue weighted by atomic mass is 35.5. The predicted molar refractivity (Wildman–Crippen MR) is 145 cm³/mol. The van der Waals surface area contributed by atoms with Crippen molar-refractivity contribution in [2.24, 2.45) is 10.2 Å². The van der Waals surface area contributed by atoms with Gasteiger partial charge in [-0.3, -0.25) is 0 Å². The third-order valence-corrected chi connectivity index (χ3v) is 7.55. The van der Waals surface area contributed by atoms with Crippen molar-refractivity contribution < 1.29 is 35.3 Å². The van der Waals surface area contributed by atoms with Gasteiger partial charge < -0.3 is 28.6 Å². The number of nitrogens with one attached hydrogen (secondary N) is 1. The monoisotopic (exact) mass is 602 g/mol. The molecular weight excluding hydrogens is 579 g/mol. The summed E-state index contributed by atoms with van der Waals surface area (Å²) in [6.07, 6.45) is 3.45. The normalized spacial score (nSPS) is 11.3. The number of azo groups is 1. The molecule has 2 aromatic heterocycles. The van der Waals surface area contributed by atoms with E-state index in [0.717, 1.165) is 5.56 Å². The van der Waals surface area contributed by atoms with Crippen molar-refractivity contribution in [3.8, 4) is 5.95 Å². The van der Waals surface area contributed by atoms with E-state index in [4.69, 9.17) is 17.3 Å². The largest absolute Gasteiger partial charge is 1.00 e. The number of rotatable bonds is 9. The van der Waals surface area contributed by atoms with E-state index in [1.54, 1.807) is 36.5 Å². The molecule has 0 aliphatic carbocycles. The molecule has 208 valence electrons. The van der Waals surface area contributed by atoms with Crippen LogP contribution in [0.5, 0.6) is 0 Å². The summed E-state index contributed by atoms with van der Waals surface area (Å²) >= 11 is 6.13. The number of sulfone groups is 1. The summed E-state index contributed by atoms with van der Waals surface area (Å²) in [5.41, 5.74) is 8.66. The fraction of sp³-hybridized carbons (Fsp3) is 0.160. The number of hydrogen-bond donors (Lipinski definition) is 3. The number of nitrogens with zero attached hydrogens (tertiary/aromatic N) is 6. The van der Waals surface area contributed by atoms with Crippen molar-refractivity contribution in [1.82, 2.24) is 15.0 Å². The Hall–Kier alpha value is -4.20. The van der Waals surface area contributed by atoms with Crippen LogP contribution in [0.15, 0.2) is 76.0 Å². The van der Waals surface area contributed by atoms with E-state index in [9.17, 15) is 18.3 Å². The van der Waals surface area contributed by atoms with E-state index in [0.29, 0.717) is 29.2 Å². The number of carboxylic acids is 1. The average molecular weight is 603 g/mol. The first-order valence-corrected chi connectivity index (χ1v) is 13.7. The van der Waals surface area contributed by atoms with E-state index in [1.807, 2.05) is 13.8 Å². The van der Waals surface area contributed by atoms with Gasteiger partial charge in [-0.05, 0) is 89.0 Å². The molecule has 0 unspecified atom stereocenters. The quantitative estimate of drug-likeness (QED) is 0.146. The molecule has 2 heterocycles. The smallest absolute Gasteiger partial charge is 0.444 e. The summed E-state index contributed by atoms with van der Waals surface area (Å²) in [4.78, 5) is 24.1. The molecule has 0 saturated heterocycles. The molecule has 0 atom stereocenters. The Morgan fingerprint density at radius 2 is 1.85 bits per heavy atom. The van der Waals surface area contributed by atoms with Crippen LogP contribution in [0, 0.1) is 6.92 Å². The van der Waals surface area contributed by atoms with Gasteiger partial charge in [0, 0.05) is 5.69 Å². The molecule has 2 aromatic carbocycles. The van der Waals surface area contributed by atoms with Gasteiger partial charge in [0.05, 0.1) is 40.0 Å². The van der Waals surface area contributed by atoms with Crippen LogP contribution in [0.3, 0.4) is 0 Å². The molecule has 0 bridgehead atoms. The minimum atomic E-state index is -3.34. The summed E-state index contributed by atoms with van der Waals surface area (Å²) in [6.45, 7) is 3.62. The van der Waals surface area contributed by atoms with Crippen LogP contribution in [0.25, 0.3) is 5.95 Å². The second-order valence-electron chi connectivity index (χ2n) is 8.40. The minimum Gasteiger partial charge on any atom is -1.00 e. The summed E-state index contributed by atoms with van der Waals surface area (Å²) < 4.78 is 25.9. The van der Waals surface area contributed by atoms with Gasteiger partial charge in [-0.2, -0.15) is 10.1 Å². The highest BCUT2D eigenvalue weighted by Gasteiger charge is 2.19. The van der Waals surface area contributed by atoms with Crippen LogP contribution in [0.1, 0.15) is 29.3 Å². The van der Waals surface area contributed by atoms with Crippen LogP contribution < -0.4 is 28.0 Å². The van der Waals surface area contributed by atoms with Crippen molar-refractivity contribution in [3.05, 3.63) is 77.3 Å². The van der Waals surface area contributed by atoms with Gasteiger partial charge in [0.15, 0.2) is 9.84 Å². The number of nitrogen functional groups attached to an aromatic ring is 1. The Kier molecular flexibility index (Phi) is 9.69. The third-order valence-electron chi connectivity index (χ3n) is 5.45. The summed E-state index contributed by atoms with van der Waals surface area (Å²) in [7, 11) is -3.34. The van der Waals surface area contributed by atoms with Gasteiger partial charge in [-0.25, -0.2) is 17.8 Å². The van der Waals surface area contributed by atoms with E-state index in [2.05, 4.69) is 30.5 Å². The van der Waals surface area contributed by atoms with E-state index >= 15 is 0 Å². The molecule has 0 aliphatic rings. The van der Waals surface area contributed by atoms with Crippen LogP contribution in [0.2, 0.25) is 5.28 Å². The van der Waals surface area contributed by atoms with Gasteiger partial charge in [0.2, 0.25) is 0 Å². The Balaban J connectivity index is 0.00000441. The molecule has 0 aliphatic heterocycles. The number of aryl methyl sites for hydroxylation is 1. The predicted octanol–water partition coefficient (Wildman–Crippen LogP) is 1.74. The molecule has 0 fully saturated rings. The number of halogens is 2. The van der Waals surface area contributed by atoms with Crippen molar-refractivity contribution in [1.29, 1.82) is 0 Å². The maximum absolute atomic E-state index is 12.3. The lowest BCUT2D eigenvalue weighted by Crippen LogP contribution is -3.00. The standard InChI is InChI=1S/C25H23ClN8O4S.ClH/c1-3-11-39(37,38)18-8-6-17(7-9-18)32-33-21-12-15(2)19(27)13-20(21)28-24-29-23(26)30-25(31-24)34-10-4-5-16(14-34)22(35)36;/h4-10,12-14H,3,11H2,1-2H3,(H3-,27,28,29,30,31,32,35,36);1H. The van der Waals surface area contributed by atoms with E-state index in [1.165, 1.54) is 29.0 Å². The van der Waals surface area contributed by atoms with Crippen LogP contribution in [-0.2, 0) is 9.84 Å². The summed E-state index contributed by atoms with van der Waals surface area (Å²) in [5, 5.41) is 20.7. The Labute approximate surface area is 241 Å². The lowest BCUT2D eigenvalue weighted by Gasteiger charge is -2.09. The fourth-order valence-corrected chi connectivity index (χ4v) is 4.95. The number of hydrogen-bond acceptors (Lipinski definition) is 10. The number of aromatic nitrogens is 4. The Morgan fingerprint density at radius 1 is 1.12 bits per heavy atom. The molecule has 4 aromatic rings. The van der Waals surface area contributed by atoms with Gasteiger partial charge in [0.1, 0.15) is 5.69 Å². The van der Waals surface area contributed by atoms with Crippen LogP contribution in [-0.4, -0.2) is 40.2 Å². The topological polar surface area (TPSA) is 177 Å². The number of carbonyl (C=O) groups is 1. The first kappa shape index (κ1) is 30.3. The summed E-state index contributed by atoms with van der Waals surface area (Å²) in [6, 6.07) is 12.5. The number of anilines is 3. The minimum absolute atomic E-state index is 0. The molecule has 12 nitrogen and oxygen atoms in total. The number of nitrogens with two attached hydrogens (primary N) is 1. The molecule has 0 spiro atoms. The number of pyridine rings is 1. The van der Waals surface area contributed by atoms with Crippen molar-refractivity contribution in [2.45, 2.75) is 25.2 Å². The Bertz CT molecular complexity index is 1680. The second-order valence-corrected chi connectivity index (χ2v) is 10.8. The van der Waals surface area contributed by atoms with E-state index < -0.39 is 15.8 Å². The second kappa shape index (κ2) is 12.8. The van der Waals surface area contributed by atoms with Gasteiger partial charge in [-0.15, -0.1) is 5.11 Å². The molecule has 0 radical (unpaired) electrons.